The lowest BCUT2D eigenvalue weighted by Gasteiger charge is -2.24. The molecule has 46 heavy (non-hydrogen) atoms. The molecule has 0 spiro atoms. The summed E-state index contributed by atoms with van der Waals surface area (Å²) in [5, 5.41) is 0. The van der Waals surface area contributed by atoms with Crippen molar-refractivity contribution in [1.29, 1.82) is 0 Å². The fourth-order valence-corrected chi connectivity index (χ4v) is 6.95. The minimum Gasteiger partial charge on any atom is -0.492 e. The predicted octanol–water partition coefficient (Wildman–Crippen LogP) is 3.95. The quantitative estimate of drug-likeness (QED) is 0.241. The molecular formula is C33H44N6O6S. The molecule has 2 saturated heterocycles. The van der Waals surface area contributed by atoms with Gasteiger partial charge in [0.25, 0.3) is 5.91 Å². The highest BCUT2D eigenvalue weighted by molar-refractivity contribution is 7.89. The first-order valence-electron chi connectivity index (χ1n) is 16.0. The van der Waals surface area contributed by atoms with Crippen LogP contribution in [0.5, 0.6) is 5.75 Å². The standard InChI is InChI=1S/C33H44N6O6S/c1-3-39(20-19-37(2)33-34-24-27(25-35-33)32(40)36-45-31-12-6-9-22-44-31)46(41,42)28-15-13-26(14-16-28)29-10-4-5-11-30(29)43-23-21-38-17-7-8-18-38/h4-5,10-11,13-16,24-25,31H,3,6-9,12,17-23H2,1-2H3,(H,36,40). The van der Waals surface area contributed by atoms with Crippen molar-refractivity contribution < 1.29 is 27.5 Å². The Morgan fingerprint density at radius 3 is 2.46 bits per heavy atom. The van der Waals surface area contributed by atoms with Crippen molar-refractivity contribution >= 4 is 21.9 Å². The Hall–Kier alpha value is -3.62. The Kier molecular flexibility index (Phi) is 11.9. The molecule has 0 radical (unpaired) electrons. The number of ether oxygens (including phenoxy) is 2. The van der Waals surface area contributed by atoms with Crippen molar-refractivity contribution in [3.63, 3.8) is 0 Å². The first kappa shape index (κ1) is 33.7. The maximum atomic E-state index is 13.6. The summed E-state index contributed by atoms with van der Waals surface area (Å²) >= 11 is 0. The summed E-state index contributed by atoms with van der Waals surface area (Å²) in [7, 11) is -1.97. The van der Waals surface area contributed by atoms with Crippen LogP contribution in [0.3, 0.4) is 0 Å². The molecule has 3 aromatic rings. The van der Waals surface area contributed by atoms with Crippen LogP contribution in [0.4, 0.5) is 5.95 Å². The summed E-state index contributed by atoms with van der Waals surface area (Å²) in [6.07, 6.45) is 7.54. The van der Waals surface area contributed by atoms with Crippen LogP contribution in [0.25, 0.3) is 11.1 Å². The molecule has 1 aromatic heterocycles. The first-order chi connectivity index (χ1) is 22.3. The Bertz CT molecular complexity index is 1510. The fourth-order valence-electron chi connectivity index (χ4n) is 5.51. The Balaban J connectivity index is 1.15. The number of amides is 1. The summed E-state index contributed by atoms with van der Waals surface area (Å²) in [4.78, 5) is 30.7. The first-order valence-corrected chi connectivity index (χ1v) is 17.4. The molecule has 3 heterocycles. The van der Waals surface area contributed by atoms with Crippen molar-refractivity contribution in [3.8, 4) is 16.9 Å². The second-order valence-corrected chi connectivity index (χ2v) is 13.4. The number of hydrogen-bond donors (Lipinski definition) is 1. The zero-order chi connectivity index (χ0) is 32.4. The normalized spacial score (nSPS) is 17.2. The van der Waals surface area contributed by atoms with Gasteiger partial charge in [-0.05, 0) is 62.5 Å². The molecule has 2 aliphatic rings. The molecule has 0 aliphatic carbocycles. The minimum atomic E-state index is -3.74. The van der Waals surface area contributed by atoms with E-state index in [0.717, 1.165) is 55.8 Å². The van der Waals surface area contributed by atoms with E-state index in [-0.39, 0.29) is 17.0 Å². The topological polar surface area (TPSA) is 126 Å². The van der Waals surface area contributed by atoms with Gasteiger partial charge >= 0.3 is 0 Å². The molecule has 2 aliphatic heterocycles. The zero-order valence-electron chi connectivity index (χ0n) is 26.6. The highest BCUT2D eigenvalue weighted by atomic mass is 32.2. The summed E-state index contributed by atoms with van der Waals surface area (Å²) < 4.78 is 40.2. The van der Waals surface area contributed by atoms with Gasteiger partial charge in [0.15, 0.2) is 6.29 Å². The number of carbonyl (C=O) groups excluding carboxylic acids is 1. The van der Waals surface area contributed by atoms with Crippen LogP contribution in [-0.4, -0.2) is 99.3 Å². The van der Waals surface area contributed by atoms with Gasteiger partial charge in [0.2, 0.25) is 16.0 Å². The van der Waals surface area contributed by atoms with Gasteiger partial charge in [0.05, 0.1) is 10.5 Å². The van der Waals surface area contributed by atoms with Crippen molar-refractivity contribution in [3.05, 3.63) is 66.5 Å². The van der Waals surface area contributed by atoms with Gasteiger partial charge in [-0.3, -0.25) is 9.69 Å². The number of hydroxylamine groups is 1. The van der Waals surface area contributed by atoms with Crippen LogP contribution in [0, 0.1) is 0 Å². The lowest BCUT2D eigenvalue weighted by molar-refractivity contribution is -0.186. The summed E-state index contributed by atoms with van der Waals surface area (Å²) in [5.41, 5.74) is 4.45. The highest BCUT2D eigenvalue weighted by Gasteiger charge is 2.24. The third kappa shape index (κ3) is 8.80. The Labute approximate surface area is 271 Å². The zero-order valence-corrected chi connectivity index (χ0v) is 27.5. The molecule has 13 heteroatoms. The van der Waals surface area contributed by atoms with E-state index in [2.05, 4.69) is 20.3 Å². The molecule has 5 rings (SSSR count). The van der Waals surface area contributed by atoms with Crippen LogP contribution >= 0.6 is 0 Å². The number of hydrogen-bond acceptors (Lipinski definition) is 10. The molecule has 12 nitrogen and oxygen atoms in total. The number of nitrogens with zero attached hydrogens (tertiary/aromatic N) is 5. The van der Waals surface area contributed by atoms with Crippen LogP contribution in [0.1, 0.15) is 49.4 Å². The van der Waals surface area contributed by atoms with Crippen LogP contribution in [0.2, 0.25) is 0 Å². The maximum Gasteiger partial charge on any atom is 0.278 e. The van der Waals surface area contributed by atoms with E-state index in [9.17, 15) is 13.2 Å². The predicted molar refractivity (Wildman–Crippen MR) is 175 cm³/mol. The van der Waals surface area contributed by atoms with Crippen molar-refractivity contribution in [2.45, 2.75) is 50.2 Å². The molecule has 1 unspecified atom stereocenters. The summed E-state index contributed by atoms with van der Waals surface area (Å²) in [6, 6.07) is 14.8. The molecule has 0 bridgehead atoms. The average molecular weight is 653 g/mol. The molecule has 248 valence electrons. The van der Waals surface area contributed by atoms with Crippen LogP contribution in [-0.2, 0) is 19.6 Å². The molecule has 1 N–H and O–H groups in total. The van der Waals surface area contributed by atoms with Gasteiger partial charge < -0.3 is 14.4 Å². The van der Waals surface area contributed by atoms with Gasteiger partial charge in [-0.25, -0.2) is 28.7 Å². The van der Waals surface area contributed by atoms with E-state index >= 15 is 0 Å². The highest BCUT2D eigenvalue weighted by Crippen LogP contribution is 2.31. The smallest absolute Gasteiger partial charge is 0.278 e. The second-order valence-electron chi connectivity index (χ2n) is 11.5. The van der Waals surface area contributed by atoms with Crippen molar-refractivity contribution in [2.24, 2.45) is 0 Å². The van der Waals surface area contributed by atoms with E-state index < -0.39 is 22.2 Å². The molecule has 1 amide bonds. The van der Waals surface area contributed by atoms with Gasteiger partial charge in [-0.2, -0.15) is 4.31 Å². The van der Waals surface area contributed by atoms with Gasteiger partial charge in [-0.15, -0.1) is 0 Å². The molecule has 2 fully saturated rings. The summed E-state index contributed by atoms with van der Waals surface area (Å²) in [6.45, 7) is 7.06. The number of carbonyl (C=O) groups is 1. The van der Waals surface area contributed by atoms with Gasteiger partial charge in [0.1, 0.15) is 12.4 Å². The summed E-state index contributed by atoms with van der Waals surface area (Å²) in [5.74, 6) is 0.687. The van der Waals surface area contributed by atoms with Gasteiger partial charge in [-0.1, -0.05) is 37.3 Å². The van der Waals surface area contributed by atoms with Crippen LogP contribution in [0.15, 0.2) is 65.8 Å². The lowest BCUT2D eigenvalue weighted by atomic mass is 10.1. The number of likely N-dealkylation sites (tertiary alicyclic amines) is 1. The number of nitrogens with one attached hydrogen (secondary N) is 1. The van der Waals surface area contributed by atoms with Crippen LogP contribution < -0.4 is 15.1 Å². The second kappa shape index (κ2) is 16.3. The Morgan fingerprint density at radius 1 is 1.02 bits per heavy atom. The monoisotopic (exact) mass is 652 g/mol. The number of benzene rings is 2. The molecular weight excluding hydrogens is 608 g/mol. The number of aromatic nitrogens is 2. The third-order valence-corrected chi connectivity index (χ3v) is 10.2. The molecule has 0 saturated carbocycles. The number of anilines is 1. The fraction of sp³-hybridized carbons (Fsp3) is 0.485. The van der Waals surface area contributed by atoms with E-state index in [1.54, 1.807) is 24.1 Å². The molecule has 2 aromatic carbocycles. The van der Waals surface area contributed by atoms with Crippen molar-refractivity contribution in [1.82, 2.24) is 24.7 Å². The number of para-hydroxylation sites is 1. The Morgan fingerprint density at radius 2 is 1.76 bits per heavy atom. The minimum absolute atomic E-state index is 0.223. The molecule has 1 atom stereocenters. The number of sulfonamides is 1. The van der Waals surface area contributed by atoms with E-state index in [1.807, 2.05) is 43.3 Å². The average Bonchev–Trinajstić information content (AvgIpc) is 3.62. The third-order valence-electron chi connectivity index (χ3n) is 8.25. The number of likely N-dealkylation sites (N-methyl/N-ethyl adjacent to an activating group) is 2. The largest absolute Gasteiger partial charge is 0.492 e. The van der Waals surface area contributed by atoms with E-state index in [4.69, 9.17) is 14.3 Å². The van der Waals surface area contributed by atoms with E-state index in [1.165, 1.54) is 29.5 Å². The lowest BCUT2D eigenvalue weighted by Crippen LogP contribution is -2.38. The van der Waals surface area contributed by atoms with Gasteiger partial charge in [0, 0.05) is 64.2 Å². The maximum absolute atomic E-state index is 13.6. The SMILES string of the molecule is CCN(CCN(C)c1ncc(C(=O)NOC2CCCCO2)cn1)S(=O)(=O)c1ccc(-c2ccccc2OCCN2CCCC2)cc1. The van der Waals surface area contributed by atoms with E-state index in [0.29, 0.717) is 32.3 Å². The number of rotatable bonds is 15. The van der Waals surface area contributed by atoms with Crippen molar-refractivity contribution in [2.75, 3.05) is 64.4 Å².